The second-order valence-corrected chi connectivity index (χ2v) is 8.18. The molecule has 0 saturated carbocycles. The van der Waals surface area contributed by atoms with Gasteiger partial charge in [-0.2, -0.15) is 0 Å². The minimum absolute atomic E-state index is 0.0783. The number of nitrogens with zero attached hydrogens (tertiary/aromatic N) is 2. The molecule has 1 atom stereocenters. The molecule has 2 aliphatic heterocycles. The minimum Gasteiger partial charge on any atom is -0.357 e. The van der Waals surface area contributed by atoms with Gasteiger partial charge in [0.2, 0.25) is 0 Å². The van der Waals surface area contributed by atoms with Crippen LogP contribution in [-0.2, 0) is 4.74 Å². The van der Waals surface area contributed by atoms with Crippen molar-refractivity contribution in [1.29, 1.82) is 0 Å². The Morgan fingerprint density at radius 2 is 1.77 bits per heavy atom. The van der Waals surface area contributed by atoms with E-state index in [0.717, 1.165) is 51.1 Å². The first kappa shape index (κ1) is 18.9. The number of piperazine rings is 1. The van der Waals surface area contributed by atoms with E-state index in [4.69, 9.17) is 4.74 Å². The molecule has 2 fully saturated rings. The zero-order valence-corrected chi connectivity index (χ0v) is 16.3. The van der Waals surface area contributed by atoms with Gasteiger partial charge in [0.1, 0.15) is 5.60 Å². The zero-order valence-electron chi connectivity index (χ0n) is 16.3. The van der Waals surface area contributed by atoms with Gasteiger partial charge in [0, 0.05) is 31.7 Å². The molecule has 4 heteroatoms. The molecule has 1 amide bonds. The standard InChI is InChI=1S/C22H30N2O2/c1-21(2)11-7-12-22(3,26-21)13-8-14-23-15-17-24(18-16-23)20(25)19-9-5-4-6-10-19/h4-6,9-10H,7,11-12,14-18H2,1-3H3/t22-/m1/s1. The van der Waals surface area contributed by atoms with Crippen molar-refractivity contribution in [3.8, 4) is 11.8 Å². The third-order valence-corrected chi connectivity index (χ3v) is 5.27. The normalized spacial score (nSPS) is 26.0. The molecule has 140 valence electrons. The molecular formula is C22H30N2O2. The molecule has 1 aromatic carbocycles. The molecule has 0 unspecified atom stereocenters. The number of amides is 1. The second kappa shape index (κ2) is 7.82. The average Bonchev–Trinajstić information content (AvgIpc) is 2.61. The summed E-state index contributed by atoms with van der Waals surface area (Å²) in [7, 11) is 0. The van der Waals surface area contributed by atoms with Crippen LogP contribution in [0.25, 0.3) is 0 Å². The minimum atomic E-state index is -0.327. The summed E-state index contributed by atoms with van der Waals surface area (Å²) in [5.41, 5.74) is 0.364. The number of carbonyl (C=O) groups excluding carboxylic acids is 1. The molecule has 26 heavy (non-hydrogen) atoms. The molecular weight excluding hydrogens is 324 g/mol. The Morgan fingerprint density at radius 3 is 2.42 bits per heavy atom. The third kappa shape index (κ3) is 4.87. The lowest BCUT2D eigenvalue weighted by molar-refractivity contribution is -0.135. The number of benzene rings is 1. The molecule has 0 aliphatic carbocycles. The first-order chi connectivity index (χ1) is 12.4. The SMILES string of the molecule is CC1(C)CCC[C@](C)(C#CCN2CCN(C(=O)c3ccccc3)CC2)O1. The Balaban J connectivity index is 1.48. The molecule has 0 aromatic heterocycles. The Morgan fingerprint density at radius 1 is 1.08 bits per heavy atom. The Bertz CT molecular complexity index is 681. The Kier molecular flexibility index (Phi) is 5.70. The molecule has 2 saturated heterocycles. The third-order valence-electron chi connectivity index (χ3n) is 5.27. The van der Waals surface area contributed by atoms with Crippen LogP contribution in [0.5, 0.6) is 0 Å². The largest absolute Gasteiger partial charge is 0.357 e. The van der Waals surface area contributed by atoms with Gasteiger partial charge in [-0.25, -0.2) is 0 Å². The number of hydrogen-bond acceptors (Lipinski definition) is 3. The van der Waals surface area contributed by atoms with E-state index in [1.165, 1.54) is 6.42 Å². The van der Waals surface area contributed by atoms with E-state index in [2.05, 4.69) is 37.5 Å². The molecule has 0 radical (unpaired) electrons. The van der Waals surface area contributed by atoms with E-state index < -0.39 is 0 Å². The molecule has 2 heterocycles. The lowest BCUT2D eigenvalue weighted by atomic mass is 9.88. The van der Waals surface area contributed by atoms with Crippen LogP contribution in [0.2, 0.25) is 0 Å². The van der Waals surface area contributed by atoms with E-state index in [9.17, 15) is 4.79 Å². The molecule has 2 aliphatic rings. The Hall–Kier alpha value is -1.83. The molecule has 3 rings (SSSR count). The fourth-order valence-corrected chi connectivity index (χ4v) is 3.86. The van der Waals surface area contributed by atoms with Crippen molar-refractivity contribution in [3.05, 3.63) is 35.9 Å². The predicted molar refractivity (Wildman–Crippen MR) is 104 cm³/mol. The molecule has 1 aromatic rings. The van der Waals surface area contributed by atoms with Crippen molar-refractivity contribution >= 4 is 5.91 Å². The van der Waals surface area contributed by atoms with Gasteiger partial charge in [-0.05, 0) is 52.2 Å². The van der Waals surface area contributed by atoms with Crippen LogP contribution in [0, 0.1) is 11.8 Å². The van der Waals surface area contributed by atoms with Crippen molar-refractivity contribution in [3.63, 3.8) is 0 Å². The fraction of sp³-hybridized carbons (Fsp3) is 0.591. The van der Waals surface area contributed by atoms with Crippen LogP contribution in [0.15, 0.2) is 30.3 Å². The first-order valence-electron chi connectivity index (χ1n) is 9.64. The maximum atomic E-state index is 12.5. The van der Waals surface area contributed by atoms with Gasteiger partial charge in [-0.3, -0.25) is 9.69 Å². The monoisotopic (exact) mass is 354 g/mol. The highest BCUT2D eigenvalue weighted by Crippen LogP contribution is 2.34. The van der Waals surface area contributed by atoms with Crippen molar-refractivity contribution in [1.82, 2.24) is 9.80 Å². The molecule has 0 bridgehead atoms. The smallest absolute Gasteiger partial charge is 0.253 e. The summed E-state index contributed by atoms with van der Waals surface area (Å²) in [6, 6.07) is 9.52. The van der Waals surface area contributed by atoms with Crippen LogP contribution in [0.1, 0.15) is 50.4 Å². The van der Waals surface area contributed by atoms with Crippen molar-refractivity contribution in [2.45, 2.75) is 51.2 Å². The van der Waals surface area contributed by atoms with Crippen molar-refractivity contribution < 1.29 is 9.53 Å². The summed E-state index contributed by atoms with van der Waals surface area (Å²) >= 11 is 0. The summed E-state index contributed by atoms with van der Waals surface area (Å²) < 4.78 is 6.20. The second-order valence-electron chi connectivity index (χ2n) is 8.18. The zero-order chi connectivity index (χ0) is 18.6. The summed E-state index contributed by atoms with van der Waals surface area (Å²) in [6.07, 6.45) is 3.27. The maximum Gasteiger partial charge on any atom is 0.253 e. The van der Waals surface area contributed by atoms with Crippen LogP contribution >= 0.6 is 0 Å². The van der Waals surface area contributed by atoms with Gasteiger partial charge >= 0.3 is 0 Å². The number of ether oxygens (including phenoxy) is 1. The highest BCUT2D eigenvalue weighted by molar-refractivity contribution is 5.94. The van der Waals surface area contributed by atoms with Crippen LogP contribution in [0.4, 0.5) is 0 Å². The van der Waals surface area contributed by atoms with E-state index in [1.807, 2.05) is 35.2 Å². The Labute approximate surface area is 157 Å². The van der Waals surface area contributed by atoms with Gasteiger partial charge in [0.25, 0.3) is 5.91 Å². The highest BCUT2D eigenvalue weighted by atomic mass is 16.5. The van der Waals surface area contributed by atoms with Gasteiger partial charge in [0.05, 0.1) is 12.1 Å². The van der Waals surface area contributed by atoms with Crippen LogP contribution < -0.4 is 0 Å². The van der Waals surface area contributed by atoms with Gasteiger partial charge in [0.15, 0.2) is 0 Å². The van der Waals surface area contributed by atoms with E-state index in [1.54, 1.807) is 0 Å². The van der Waals surface area contributed by atoms with Crippen molar-refractivity contribution in [2.75, 3.05) is 32.7 Å². The molecule has 0 spiro atoms. The van der Waals surface area contributed by atoms with Crippen LogP contribution in [-0.4, -0.2) is 59.6 Å². The number of carbonyl (C=O) groups is 1. The van der Waals surface area contributed by atoms with Gasteiger partial charge < -0.3 is 9.64 Å². The van der Waals surface area contributed by atoms with E-state index >= 15 is 0 Å². The number of rotatable bonds is 2. The fourth-order valence-electron chi connectivity index (χ4n) is 3.86. The first-order valence-corrected chi connectivity index (χ1v) is 9.64. The summed E-state index contributed by atoms with van der Waals surface area (Å²) in [5, 5.41) is 0. The summed E-state index contributed by atoms with van der Waals surface area (Å²) in [5.74, 6) is 6.82. The molecule has 4 nitrogen and oxygen atoms in total. The number of hydrogen-bond donors (Lipinski definition) is 0. The van der Waals surface area contributed by atoms with Gasteiger partial charge in [-0.15, -0.1) is 0 Å². The lowest BCUT2D eigenvalue weighted by Crippen LogP contribution is -2.48. The average molecular weight is 354 g/mol. The topological polar surface area (TPSA) is 32.8 Å². The molecule has 0 N–H and O–H groups in total. The van der Waals surface area contributed by atoms with E-state index in [-0.39, 0.29) is 17.1 Å². The maximum absolute atomic E-state index is 12.5. The highest BCUT2D eigenvalue weighted by Gasteiger charge is 2.35. The summed E-state index contributed by atoms with van der Waals surface area (Å²) in [6.45, 7) is 10.4. The van der Waals surface area contributed by atoms with Crippen molar-refractivity contribution in [2.24, 2.45) is 0 Å². The van der Waals surface area contributed by atoms with Gasteiger partial charge in [-0.1, -0.05) is 30.0 Å². The predicted octanol–water partition coefficient (Wildman–Crippen LogP) is 3.19. The lowest BCUT2D eigenvalue weighted by Gasteiger charge is -2.40. The quantitative estimate of drug-likeness (QED) is 0.765. The van der Waals surface area contributed by atoms with E-state index in [0.29, 0.717) is 0 Å². The summed E-state index contributed by atoms with van der Waals surface area (Å²) in [4.78, 5) is 16.7. The van der Waals surface area contributed by atoms with Crippen LogP contribution in [0.3, 0.4) is 0 Å².